The lowest BCUT2D eigenvalue weighted by Gasteiger charge is -2.05. The van der Waals surface area contributed by atoms with Gasteiger partial charge in [-0.2, -0.15) is 9.65 Å². The molecule has 1 N–H and O–H groups in total. The third-order valence-electron chi connectivity index (χ3n) is 2.03. The fraction of sp³-hybridized carbons (Fsp3) is 0. The zero-order chi connectivity index (χ0) is 13.2. The zero-order valence-corrected chi connectivity index (χ0v) is 10.4. The standard InChI is InChI=1S/C10H6FN3O2S2/c11-9-10(13-6-17-9)14-18(15,16)8-3-1-2-7(4-8)5-12/h1-4,6,14H. The van der Waals surface area contributed by atoms with Gasteiger partial charge >= 0.3 is 0 Å². The Balaban J connectivity index is 2.37. The van der Waals surface area contributed by atoms with E-state index in [-0.39, 0.29) is 16.3 Å². The van der Waals surface area contributed by atoms with Crippen LogP contribution >= 0.6 is 11.3 Å². The topological polar surface area (TPSA) is 82.8 Å². The first-order chi connectivity index (χ1) is 8.53. The molecule has 1 aromatic heterocycles. The van der Waals surface area contributed by atoms with Gasteiger partial charge in [-0.25, -0.2) is 13.4 Å². The Morgan fingerprint density at radius 1 is 1.44 bits per heavy atom. The minimum absolute atomic E-state index is 0.117. The molecule has 0 amide bonds. The average molecular weight is 283 g/mol. The van der Waals surface area contributed by atoms with E-state index in [1.54, 1.807) is 0 Å². The number of nitrogens with zero attached hydrogens (tertiary/aromatic N) is 2. The Labute approximate surface area is 107 Å². The number of halogens is 1. The highest BCUT2D eigenvalue weighted by Gasteiger charge is 2.18. The van der Waals surface area contributed by atoms with Crippen LogP contribution in [-0.2, 0) is 10.0 Å². The molecule has 0 atom stereocenters. The van der Waals surface area contributed by atoms with Crippen LogP contribution in [0, 0.1) is 16.5 Å². The van der Waals surface area contributed by atoms with Gasteiger partial charge in [-0.15, -0.1) is 0 Å². The van der Waals surface area contributed by atoms with Crippen LogP contribution in [0.4, 0.5) is 10.2 Å². The molecule has 0 saturated carbocycles. The number of hydrogen-bond acceptors (Lipinski definition) is 5. The highest BCUT2D eigenvalue weighted by Crippen LogP contribution is 2.20. The number of nitrogens with one attached hydrogen (secondary N) is 1. The minimum atomic E-state index is -3.94. The van der Waals surface area contributed by atoms with Crippen molar-refractivity contribution >= 4 is 27.2 Å². The molecule has 92 valence electrons. The summed E-state index contributed by atoms with van der Waals surface area (Å²) >= 11 is 0.691. The number of rotatable bonds is 3. The SMILES string of the molecule is N#Cc1cccc(S(=O)(=O)Nc2ncsc2F)c1. The summed E-state index contributed by atoms with van der Waals surface area (Å²) in [7, 11) is -3.94. The molecule has 0 radical (unpaired) electrons. The Kier molecular flexibility index (Phi) is 3.27. The van der Waals surface area contributed by atoms with Crippen molar-refractivity contribution in [2.24, 2.45) is 0 Å². The summed E-state index contributed by atoms with van der Waals surface area (Å²) < 4.78 is 38.9. The molecule has 8 heteroatoms. The van der Waals surface area contributed by atoms with Crippen LogP contribution in [-0.4, -0.2) is 13.4 Å². The van der Waals surface area contributed by atoms with Gasteiger partial charge in [-0.3, -0.25) is 4.72 Å². The Hall–Kier alpha value is -1.98. The van der Waals surface area contributed by atoms with Crippen molar-refractivity contribution in [2.75, 3.05) is 4.72 Å². The molecule has 18 heavy (non-hydrogen) atoms. The summed E-state index contributed by atoms with van der Waals surface area (Å²) in [6, 6.07) is 7.25. The molecule has 5 nitrogen and oxygen atoms in total. The van der Waals surface area contributed by atoms with Crippen molar-refractivity contribution < 1.29 is 12.8 Å². The Morgan fingerprint density at radius 2 is 2.22 bits per heavy atom. The fourth-order valence-electron chi connectivity index (χ4n) is 1.22. The second-order valence-electron chi connectivity index (χ2n) is 3.22. The van der Waals surface area contributed by atoms with Gasteiger partial charge in [-0.05, 0) is 18.2 Å². The van der Waals surface area contributed by atoms with Crippen molar-refractivity contribution in [2.45, 2.75) is 4.90 Å². The first kappa shape index (κ1) is 12.5. The highest BCUT2D eigenvalue weighted by molar-refractivity contribution is 7.92. The molecule has 0 bridgehead atoms. The van der Waals surface area contributed by atoms with E-state index in [0.717, 1.165) is 0 Å². The maximum absolute atomic E-state index is 13.1. The van der Waals surface area contributed by atoms with Gasteiger partial charge in [0.1, 0.15) is 0 Å². The van der Waals surface area contributed by atoms with Gasteiger partial charge in [0.25, 0.3) is 10.0 Å². The molecular weight excluding hydrogens is 277 g/mol. The molecule has 0 spiro atoms. The predicted molar refractivity (Wildman–Crippen MR) is 64.0 cm³/mol. The molecule has 0 aliphatic heterocycles. The van der Waals surface area contributed by atoms with Crippen LogP contribution in [0.5, 0.6) is 0 Å². The second-order valence-corrected chi connectivity index (χ2v) is 5.71. The van der Waals surface area contributed by atoms with Gasteiger partial charge < -0.3 is 0 Å². The second kappa shape index (κ2) is 4.72. The fourth-order valence-corrected chi connectivity index (χ4v) is 2.80. The van der Waals surface area contributed by atoms with E-state index in [2.05, 4.69) is 4.98 Å². The number of anilines is 1. The van der Waals surface area contributed by atoms with E-state index < -0.39 is 15.2 Å². The largest absolute Gasteiger partial charge is 0.263 e. The monoisotopic (exact) mass is 283 g/mol. The molecule has 2 rings (SSSR count). The van der Waals surface area contributed by atoms with Crippen molar-refractivity contribution in [1.29, 1.82) is 5.26 Å². The summed E-state index contributed by atoms with van der Waals surface area (Å²) in [5.41, 5.74) is 1.40. The highest BCUT2D eigenvalue weighted by atomic mass is 32.2. The number of aromatic nitrogens is 1. The third kappa shape index (κ3) is 2.47. The van der Waals surface area contributed by atoms with E-state index in [1.807, 2.05) is 10.8 Å². The van der Waals surface area contributed by atoms with Crippen LogP contribution in [0.25, 0.3) is 0 Å². The van der Waals surface area contributed by atoms with Crippen LogP contribution in [0.2, 0.25) is 0 Å². The number of thiazole rings is 1. The lowest BCUT2D eigenvalue weighted by molar-refractivity contribution is 0.599. The molecule has 0 aliphatic carbocycles. The minimum Gasteiger partial charge on any atom is -0.260 e. The van der Waals surface area contributed by atoms with Gasteiger partial charge in [0.05, 0.1) is 22.0 Å². The molecule has 0 aliphatic rings. The van der Waals surface area contributed by atoms with E-state index in [9.17, 15) is 12.8 Å². The van der Waals surface area contributed by atoms with Gasteiger partial charge in [0.2, 0.25) is 5.13 Å². The molecule has 1 aromatic carbocycles. The van der Waals surface area contributed by atoms with E-state index in [0.29, 0.717) is 11.3 Å². The van der Waals surface area contributed by atoms with Gasteiger partial charge in [0, 0.05) is 0 Å². The lowest BCUT2D eigenvalue weighted by Crippen LogP contribution is -2.14. The molecule has 0 saturated heterocycles. The first-order valence-electron chi connectivity index (χ1n) is 4.65. The quantitative estimate of drug-likeness (QED) is 0.933. The molecule has 2 aromatic rings. The molecule has 1 heterocycles. The van der Waals surface area contributed by atoms with Crippen molar-refractivity contribution in [1.82, 2.24) is 4.98 Å². The smallest absolute Gasteiger partial charge is 0.260 e. The van der Waals surface area contributed by atoms with Crippen molar-refractivity contribution in [3.63, 3.8) is 0 Å². The van der Waals surface area contributed by atoms with E-state index in [1.165, 1.54) is 29.8 Å². The normalized spacial score (nSPS) is 10.9. The summed E-state index contributed by atoms with van der Waals surface area (Å²) in [5.74, 6) is -0.345. The Bertz CT molecular complexity index is 719. The molecule has 0 fully saturated rings. The summed E-state index contributed by atoms with van der Waals surface area (Å²) in [4.78, 5) is 3.44. The van der Waals surface area contributed by atoms with Crippen LogP contribution in [0.3, 0.4) is 0 Å². The zero-order valence-electron chi connectivity index (χ0n) is 8.79. The number of sulfonamides is 1. The van der Waals surface area contributed by atoms with Crippen LogP contribution in [0.1, 0.15) is 5.56 Å². The van der Waals surface area contributed by atoms with E-state index in [4.69, 9.17) is 5.26 Å². The summed E-state index contributed by atoms with van der Waals surface area (Å²) in [6.45, 7) is 0. The Morgan fingerprint density at radius 3 is 2.83 bits per heavy atom. The van der Waals surface area contributed by atoms with Gasteiger partial charge in [-0.1, -0.05) is 17.4 Å². The summed E-state index contributed by atoms with van der Waals surface area (Å²) in [6.07, 6.45) is 0. The van der Waals surface area contributed by atoms with Gasteiger partial charge in [0.15, 0.2) is 5.82 Å². The van der Waals surface area contributed by atoms with Crippen molar-refractivity contribution in [3.8, 4) is 6.07 Å². The van der Waals surface area contributed by atoms with Crippen LogP contribution in [0.15, 0.2) is 34.7 Å². The lowest BCUT2D eigenvalue weighted by atomic mass is 10.2. The first-order valence-corrected chi connectivity index (χ1v) is 7.01. The maximum Gasteiger partial charge on any atom is 0.263 e. The number of hydrogen-bond donors (Lipinski definition) is 1. The average Bonchev–Trinajstić information content (AvgIpc) is 2.74. The van der Waals surface area contributed by atoms with E-state index >= 15 is 0 Å². The predicted octanol–water partition coefficient (Wildman–Crippen LogP) is 1.95. The van der Waals surface area contributed by atoms with Crippen LogP contribution < -0.4 is 4.72 Å². The molecule has 0 unspecified atom stereocenters. The summed E-state index contributed by atoms with van der Waals surface area (Å²) in [5, 5.41) is 7.98. The number of benzene rings is 1. The van der Waals surface area contributed by atoms with Crippen molar-refractivity contribution in [3.05, 3.63) is 40.5 Å². The number of nitriles is 1. The molecular formula is C10H6FN3O2S2. The maximum atomic E-state index is 13.1. The third-order valence-corrected chi connectivity index (χ3v) is 3.98.